The fourth-order valence-electron chi connectivity index (χ4n) is 2.79. The Morgan fingerprint density at radius 2 is 1.85 bits per heavy atom. The number of rotatable bonds is 3. The van der Waals surface area contributed by atoms with Crippen LogP contribution in [0.5, 0.6) is 11.5 Å². The van der Waals surface area contributed by atoms with Gasteiger partial charge in [-0.05, 0) is 49.2 Å². The van der Waals surface area contributed by atoms with Crippen LogP contribution in [0.2, 0.25) is 0 Å². The predicted molar refractivity (Wildman–Crippen MR) is 96.8 cm³/mol. The minimum Gasteiger partial charge on any atom is -0.486 e. The SMILES string of the molecule is Cc1cccc(NC(=O)c2cc(-c3ccc4c(c3)OCCO4)on2)c1C. The van der Waals surface area contributed by atoms with Crippen LogP contribution in [-0.4, -0.2) is 24.3 Å². The molecule has 3 aromatic rings. The second-order valence-corrected chi connectivity index (χ2v) is 6.14. The summed E-state index contributed by atoms with van der Waals surface area (Å²) in [6.45, 7) is 5.02. The second-order valence-electron chi connectivity index (χ2n) is 6.14. The third kappa shape index (κ3) is 3.01. The molecule has 1 aliphatic rings. The zero-order valence-electron chi connectivity index (χ0n) is 14.5. The van der Waals surface area contributed by atoms with Crippen molar-refractivity contribution in [3.05, 3.63) is 59.3 Å². The van der Waals surface area contributed by atoms with Gasteiger partial charge in [0.25, 0.3) is 5.91 Å². The number of hydrogen-bond acceptors (Lipinski definition) is 5. The van der Waals surface area contributed by atoms with E-state index < -0.39 is 0 Å². The van der Waals surface area contributed by atoms with Crippen molar-refractivity contribution in [2.24, 2.45) is 0 Å². The number of hydrogen-bond donors (Lipinski definition) is 1. The molecule has 132 valence electrons. The second kappa shape index (κ2) is 6.55. The quantitative estimate of drug-likeness (QED) is 0.773. The molecule has 0 saturated carbocycles. The number of aromatic nitrogens is 1. The lowest BCUT2D eigenvalue weighted by atomic mass is 10.1. The highest BCUT2D eigenvalue weighted by atomic mass is 16.6. The van der Waals surface area contributed by atoms with E-state index in [2.05, 4.69) is 10.5 Å². The first-order valence-electron chi connectivity index (χ1n) is 8.36. The van der Waals surface area contributed by atoms with E-state index in [-0.39, 0.29) is 11.6 Å². The maximum absolute atomic E-state index is 12.5. The molecule has 0 fully saturated rings. The Labute approximate surface area is 150 Å². The zero-order valence-corrected chi connectivity index (χ0v) is 14.5. The standard InChI is InChI=1S/C20H18N2O4/c1-12-4-3-5-15(13(12)2)21-20(23)16-11-18(26-22-16)14-6-7-17-19(10-14)25-9-8-24-17/h3-7,10-11H,8-9H2,1-2H3,(H,21,23). The number of anilines is 1. The number of amides is 1. The van der Waals surface area contributed by atoms with Gasteiger partial charge in [0.05, 0.1) is 0 Å². The molecule has 1 amide bonds. The molecule has 0 spiro atoms. The average Bonchev–Trinajstić information content (AvgIpc) is 3.15. The van der Waals surface area contributed by atoms with Gasteiger partial charge in [-0.1, -0.05) is 17.3 Å². The lowest BCUT2D eigenvalue weighted by Crippen LogP contribution is -2.15. The Morgan fingerprint density at radius 3 is 2.69 bits per heavy atom. The van der Waals surface area contributed by atoms with Crippen molar-refractivity contribution in [3.8, 4) is 22.8 Å². The lowest BCUT2D eigenvalue weighted by molar-refractivity contribution is 0.101. The normalized spacial score (nSPS) is 12.7. The Balaban J connectivity index is 1.56. The van der Waals surface area contributed by atoms with E-state index in [1.807, 2.05) is 50.2 Å². The molecule has 0 aliphatic carbocycles. The van der Waals surface area contributed by atoms with Crippen LogP contribution in [0.25, 0.3) is 11.3 Å². The summed E-state index contributed by atoms with van der Waals surface area (Å²) in [5.74, 6) is 1.54. The summed E-state index contributed by atoms with van der Waals surface area (Å²) in [4.78, 5) is 12.5. The summed E-state index contributed by atoms with van der Waals surface area (Å²) in [7, 11) is 0. The van der Waals surface area contributed by atoms with Crippen LogP contribution in [0.3, 0.4) is 0 Å². The third-order valence-corrected chi connectivity index (χ3v) is 4.42. The van der Waals surface area contributed by atoms with E-state index in [1.54, 1.807) is 6.07 Å². The first-order chi connectivity index (χ1) is 12.6. The van der Waals surface area contributed by atoms with Crippen LogP contribution in [-0.2, 0) is 0 Å². The molecular formula is C20H18N2O4. The average molecular weight is 350 g/mol. The molecule has 6 nitrogen and oxygen atoms in total. The van der Waals surface area contributed by atoms with Crippen LogP contribution in [0.4, 0.5) is 5.69 Å². The summed E-state index contributed by atoms with van der Waals surface area (Å²) >= 11 is 0. The summed E-state index contributed by atoms with van der Waals surface area (Å²) in [6, 6.07) is 12.9. The number of ether oxygens (including phenoxy) is 2. The van der Waals surface area contributed by atoms with Crippen molar-refractivity contribution >= 4 is 11.6 Å². The van der Waals surface area contributed by atoms with Gasteiger partial charge in [-0.3, -0.25) is 4.79 Å². The number of nitrogens with one attached hydrogen (secondary N) is 1. The molecule has 4 rings (SSSR count). The highest BCUT2D eigenvalue weighted by Gasteiger charge is 2.18. The van der Waals surface area contributed by atoms with Gasteiger partial charge in [0.2, 0.25) is 0 Å². The van der Waals surface area contributed by atoms with E-state index in [4.69, 9.17) is 14.0 Å². The van der Waals surface area contributed by atoms with E-state index in [0.717, 1.165) is 22.4 Å². The van der Waals surface area contributed by atoms with Crippen LogP contribution in [0, 0.1) is 13.8 Å². The van der Waals surface area contributed by atoms with E-state index in [9.17, 15) is 4.79 Å². The maximum Gasteiger partial charge on any atom is 0.277 e. The van der Waals surface area contributed by atoms with Gasteiger partial charge < -0.3 is 19.3 Å². The van der Waals surface area contributed by atoms with Gasteiger partial charge in [0.1, 0.15) is 13.2 Å². The minimum atomic E-state index is -0.314. The van der Waals surface area contributed by atoms with Gasteiger partial charge >= 0.3 is 0 Å². The maximum atomic E-state index is 12.5. The smallest absolute Gasteiger partial charge is 0.277 e. The zero-order chi connectivity index (χ0) is 18.1. The Kier molecular flexibility index (Phi) is 4.08. The van der Waals surface area contributed by atoms with Gasteiger partial charge in [0, 0.05) is 17.3 Å². The molecule has 1 aromatic heterocycles. The fraction of sp³-hybridized carbons (Fsp3) is 0.200. The van der Waals surface area contributed by atoms with E-state index in [1.165, 1.54) is 0 Å². The lowest BCUT2D eigenvalue weighted by Gasteiger charge is -2.18. The predicted octanol–water partition coefficient (Wildman–Crippen LogP) is 3.98. The first-order valence-corrected chi connectivity index (χ1v) is 8.36. The fourth-order valence-corrected chi connectivity index (χ4v) is 2.79. The largest absolute Gasteiger partial charge is 0.486 e. The van der Waals surface area contributed by atoms with Gasteiger partial charge in [-0.15, -0.1) is 0 Å². The van der Waals surface area contributed by atoms with Crippen molar-refractivity contribution in [1.82, 2.24) is 5.16 Å². The van der Waals surface area contributed by atoms with E-state index in [0.29, 0.717) is 30.5 Å². The highest BCUT2D eigenvalue weighted by Crippen LogP contribution is 2.34. The molecule has 2 aromatic carbocycles. The van der Waals surface area contributed by atoms with Crippen molar-refractivity contribution in [1.29, 1.82) is 0 Å². The molecule has 0 atom stereocenters. The van der Waals surface area contributed by atoms with Gasteiger partial charge in [-0.25, -0.2) is 0 Å². The number of aryl methyl sites for hydroxylation is 1. The summed E-state index contributed by atoms with van der Waals surface area (Å²) < 4.78 is 16.4. The minimum absolute atomic E-state index is 0.218. The molecule has 0 unspecified atom stereocenters. The molecule has 26 heavy (non-hydrogen) atoms. The summed E-state index contributed by atoms with van der Waals surface area (Å²) in [5, 5.41) is 6.77. The Hall–Kier alpha value is -3.28. The first kappa shape index (κ1) is 16.2. The van der Waals surface area contributed by atoms with Crippen molar-refractivity contribution in [3.63, 3.8) is 0 Å². The summed E-state index contributed by atoms with van der Waals surface area (Å²) in [5.41, 5.74) is 3.89. The van der Waals surface area contributed by atoms with Crippen molar-refractivity contribution in [2.45, 2.75) is 13.8 Å². The number of carbonyl (C=O) groups excluding carboxylic acids is 1. The van der Waals surface area contributed by atoms with E-state index >= 15 is 0 Å². The van der Waals surface area contributed by atoms with Gasteiger partial charge in [-0.2, -0.15) is 0 Å². The Bertz CT molecular complexity index is 978. The molecule has 0 radical (unpaired) electrons. The Morgan fingerprint density at radius 1 is 1.04 bits per heavy atom. The monoisotopic (exact) mass is 350 g/mol. The molecule has 2 heterocycles. The molecule has 1 aliphatic heterocycles. The number of carbonyl (C=O) groups is 1. The topological polar surface area (TPSA) is 73.6 Å². The number of nitrogens with zero attached hydrogens (tertiary/aromatic N) is 1. The van der Waals surface area contributed by atoms with Crippen LogP contribution in [0.1, 0.15) is 21.6 Å². The van der Waals surface area contributed by atoms with Crippen LogP contribution >= 0.6 is 0 Å². The van der Waals surface area contributed by atoms with Crippen LogP contribution < -0.4 is 14.8 Å². The molecule has 6 heteroatoms. The number of fused-ring (bicyclic) bond motifs is 1. The molecule has 0 bridgehead atoms. The molecular weight excluding hydrogens is 332 g/mol. The molecule has 1 N–H and O–H groups in total. The number of benzene rings is 2. The third-order valence-electron chi connectivity index (χ3n) is 4.42. The van der Waals surface area contributed by atoms with Crippen molar-refractivity contribution in [2.75, 3.05) is 18.5 Å². The summed E-state index contributed by atoms with van der Waals surface area (Å²) in [6.07, 6.45) is 0. The van der Waals surface area contributed by atoms with Crippen molar-refractivity contribution < 1.29 is 18.8 Å². The molecule has 0 saturated heterocycles. The highest BCUT2D eigenvalue weighted by molar-refractivity contribution is 6.03. The van der Waals surface area contributed by atoms with Crippen LogP contribution in [0.15, 0.2) is 47.0 Å². The van der Waals surface area contributed by atoms with Gasteiger partial charge in [0.15, 0.2) is 23.0 Å².